The number of rotatable bonds is 15. The standard InChI is InChI=1S/C29H38N4O4/c34-29(35)9-2-1-5-18-37-28-8-4-3-7-25(28)23-33(15-6-14-32-16-19-36-20-17-32)27-12-10-24(11-13-27)26-21-30-31-22-26/h3-4,7-8,10-13,21-22H,1-2,5-6,9,14-20,23H2,(H,30,31)(H,34,35)/i23D2. The van der Waals surface area contributed by atoms with Crippen molar-refractivity contribution in [2.45, 2.75) is 38.6 Å². The van der Waals surface area contributed by atoms with Crippen LogP contribution in [0, 0.1) is 0 Å². The van der Waals surface area contributed by atoms with E-state index in [1.807, 2.05) is 47.5 Å². The number of carboxylic acids is 1. The Balaban J connectivity index is 1.51. The number of aromatic nitrogens is 2. The number of aromatic amines is 1. The number of carboxylic acid groups (broad SMARTS) is 1. The normalized spacial score (nSPS) is 15.1. The summed E-state index contributed by atoms with van der Waals surface area (Å²) in [4.78, 5) is 14.9. The number of benzene rings is 2. The van der Waals surface area contributed by atoms with Crippen LogP contribution in [0.25, 0.3) is 11.1 Å². The molecule has 1 saturated heterocycles. The molecule has 37 heavy (non-hydrogen) atoms. The zero-order valence-corrected chi connectivity index (χ0v) is 21.3. The second kappa shape index (κ2) is 14.4. The lowest BCUT2D eigenvalue weighted by Gasteiger charge is -2.30. The van der Waals surface area contributed by atoms with Crippen molar-refractivity contribution in [1.29, 1.82) is 0 Å². The number of H-pyrrole nitrogens is 1. The Labute approximate surface area is 222 Å². The summed E-state index contributed by atoms with van der Waals surface area (Å²) in [7, 11) is 0. The molecule has 8 heteroatoms. The number of morpholine rings is 1. The molecule has 1 aliphatic heterocycles. The number of hydrogen-bond acceptors (Lipinski definition) is 6. The molecule has 2 N–H and O–H groups in total. The minimum Gasteiger partial charge on any atom is -0.493 e. The van der Waals surface area contributed by atoms with Crippen LogP contribution in [-0.2, 0) is 16.0 Å². The van der Waals surface area contributed by atoms with Crippen LogP contribution in [0.1, 0.15) is 40.4 Å². The second-order valence-corrected chi connectivity index (χ2v) is 9.15. The van der Waals surface area contributed by atoms with Crippen LogP contribution in [0.5, 0.6) is 5.75 Å². The molecule has 0 aliphatic carbocycles. The molecule has 1 aliphatic rings. The fourth-order valence-corrected chi connectivity index (χ4v) is 4.34. The van der Waals surface area contributed by atoms with Crippen molar-refractivity contribution in [2.24, 2.45) is 0 Å². The fourth-order valence-electron chi connectivity index (χ4n) is 4.34. The van der Waals surface area contributed by atoms with E-state index in [9.17, 15) is 7.54 Å². The summed E-state index contributed by atoms with van der Waals surface area (Å²) >= 11 is 0. The molecule has 0 unspecified atom stereocenters. The maximum Gasteiger partial charge on any atom is 0.303 e. The quantitative estimate of drug-likeness (QED) is 0.284. The Bertz CT molecular complexity index is 1150. The summed E-state index contributed by atoms with van der Waals surface area (Å²) in [6.45, 7) is 3.24. The van der Waals surface area contributed by atoms with Crippen LogP contribution in [-0.4, -0.2) is 72.2 Å². The first-order chi connectivity index (χ1) is 18.9. The van der Waals surface area contributed by atoms with Crippen molar-refractivity contribution in [3.63, 3.8) is 0 Å². The van der Waals surface area contributed by atoms with E-state index in [4.69, 9.17) is 14.6 Å². The largest absolute Gasteiger partial charge is 0.493 e. The molecule has 0 atom stereocenters. The molecule has 0 spiro atoms. The van der Waals surface area contributed by atoms with Gasteiger partial charge in [0.15, 0.2) is 0 Å². The summed E-state index contributed by atoms with van der Waals surface area (Å²) in [5.41, 5.74) is 3.25. The maximum absolute atomic E-state index is 10.7. The zero-order chi connectivity index (χ0) is 27.5. The van der Waals surface area contributed by atoms with Gasteiger partial charge in [0.25, 0.3) is 0 Å². The number of ether oxygens (including phenoxy) is 2. The van der Waals surface area contributed by atoms with Crippen LogP contribution < -0.4 is 9.64 Å². The molecule has 0 radical (unpaired) electrons. The van der Waals surface area contributed by atoms with Crippen molar-refractivity contribution in [2.75, 3.05) is 50.9 Å². The average molecular weight is 509 g/mol. The molecule has 2 aromatic carbocycles. The molecule has 0 saturated carbocycles. The van der Waals surface area contributed by atoms with E-state index in [1.165, 1.54) is 0 Å². The van der Waals surface area contributed by atoms with Gasteiger partial charge in [-0.05, 0) is 49.4 Å². The lowest BCUT2D eigenvalue weighted by atomic mass is 10.1. The molecule has 4 rings (SSSR count). The van der Waals surface area contributed by atoms with Gasteiger partial charge >= 0.3 is 5.97 Å². The summed E-state index contributed by atoms with van der Waals surface area (Å²) in [6, 6.07) is 15.2. The number of unbranched alkanes of at least 4 members (excludes halogenated alkanes) is 2. The predicted octanol–water partition coefficient (Wildman–Crippen LogP) is 4.83. The van der Waals surface area contributed by atoms with Gasteiger partial charge in [-0.15, -0.1) is 0 Å². The highest BCUT2D eigenvalue weighted by atomic mass is 16.5. The summed E-state index contributed by atoms with van der Waals surface area (Å²) in [5.74, 6) is -0.282. The first-order valence-corrected chi connectivity index (χ1v) is 13.1. The highest BCUT2D eigenvalue weighted by Crippen LogP contribution is 2.27. The first kappa shape index (κ1) is 24.0. The molecule has 0 amide bonds. The minimum absolute atomic E-state index is 0.151. The second-order valence-electron chi connectivity index (χ2n) is 9.15. The first-order valence-electron chi connectivity index (χ1n) is 14.1. The number of nitrogens with zero attached hydrogens (tertiary/aromatic N) is 3. The van der Waals surface area contributed by atoms with Crippen LogP contribution in [0.4, 0.5) is 5.69 Å². The van der Waals surface area contributed by atoms with E-state index >= 15 is 0 Å². The Morgan fingerprint density at radius 1 is 1.08 bits per heavy atom. The van der Waals surface area contributed by atoms with Crippen LogP contribution in [0.2, 0.25) is 0 Å². The summed E-state index contributed by atoms with van der Waals surface area (Å²) in [6.07, 6.45) is 6.62. The van der Waals surface area contributed by atoms with Gasteiger partial charge in [0.1, 0.15) is 5.75 Å². The predicted molar refractivity (Wildman–Crippen MR) is 145 cm³/mol. The van der Waals surface area contributed by atoms with Crippen molar-refractivity contribution in [3.05, 3.63) is 66.5 Å². The van der Waals surface area contributed by atoms with E-state index in [2.05, 4.69) is 15.1 Å². The lowest BCUT2D eigenvalue weighted by Crippen LogP contribution is -2.38. The Kier molecular flexibility index (Phi) is 9.34. The average Bonchev–Trinajstić information content (AvgIpc) is 3.49. The lowest BCUT2D eigenvalue weighted by molar-refractivity contribution is -0.137. The summed E-state index contributed by atoms with van der Waals surface area (Å²) < 4.78 is 30.1. The van der Waals surface area contributed by atoms with E-state index < -0.39 is 12.5 Å². The van der Waals surface area contributed by atoms with E-state index in [-0.39, 0.29) is 6.42 Å². The molecule has 0 bridgehead atoms. The van der Waals surface area contributed by atoms with Crippen molar-refractivity contribution < 1.29 is 22.1 Å². The molecular weight excluding hydrogens is 468 g/mol. The Morgan fingerprint density at radius 3 is 2.65 bits per heavy atom. The number of anilines is 1. The van der Waals surface area contributed by atoms with Gasteiger partial charge in [0.2, 0.25) is 0 Å². The Morgan fingerprint density at radius 2 is 1.89 bits per heavy atom. The van der Waals surface area contributed by atoms with Crippen molar-refractivity contribution in [1.82, 2.24) is 15.1 Å². The smallest absolute Gasteiger partial charge is 0.303 e. The van der Waals surface area contributed by atoms with Gasteiger partial charge in [-0.2, -0.15) is 5.10 Å². The third kappa shape index (κ3) is 8.61. The third-order valence-electron chi connectivity index (χ3n) is 6.41. The summed E-state index contributed by atoms with van der Waals surface area (Å²) in [5, 5.41) is 15.7. The molecular formula is C29H38N4O4. The molecule has 1 fully saturated rings. The van der Waals surface area contributed by atoms with Gasteiger partial charge < -0.3 is 19.5 Å². The van der Waals surface area contributed by atoms with E-state index in [0.29, 0.717) is 37.3 Å². The topological polar surface area (TPSA) is 90.9 Å². The Hall–Kier alpha value is -3.36. The van der Waals surface area contributed by atoms with Gasteiger partial charge in [-0.25, -0.2) is 0 Å². The number of nitrogens with one attached hydrogen (secondary N) is 1. The van der Waals surface area contributed by atoms with Crippen LogP contribution in [0.15, 0.2) is 60.9 Å². The monoisotopic (exact) mass is 508 g/mol. The SMILES string of the molecule is [2H]C([2H])(c1ccccc1OCCCCCC(=O)O)N(CCCN1CCOCC1)c1ccc(-c2cn[nH]c2)cc1. The highest BCUT2D eigenvalue weighted by molar-refractivity contribution is 5.66. The molecule has 2 heterocycles. The van der Waals surface area contributed by atoms with E-state index in [0.717, 1.165) is 62.5 Å². The maximum atomic E-state index is 10.7. The third-order valence-corrected chi connectivity index (χ3v) is 6.41. The van der Waals surface area contributed by atoms with Crippen molar-refractivity contribution >= 4 is 11.7 Å². The number of carbonyl (C=O) groups is 1. The van der Waals surface area contributed by atoms with E-state index in [1.54, 1.807) is 18.3 Å². The van der Waals surface area contributed by atoms with Crippen molar-refractivity contribution in [3.8, 4) is 16.9 Å². The zero-order valence-electron chi connectivity index (χ0n) is 23.3. The number of hydrogen-bond donors (Lipinski definition) is 2. The number of aliphatic carboxylic acids is 1. The van der Waals surface area contributed by atoms with Crippen LogP contribution in [0.3, 0.4) is 0 Å². The van der Waals surface area contributed by atoms with Crippen LogP contribution >= 0.6 is 0 Å². The highest BCUT2D eigenvalue weighted by Gasteiger charge is 2.14. The molecule has 1 aromatic heterocycles. The fraction of sp³-hybridized carbons (Fsp3) is 0.448. The van der Waals surface area contributed by atoms with Gasteiger partial charge in [0.05, 0.1) is 28.8 Å². The van der Waals surface area contributed by atoms with Gasteiger partial charge in [-0.1, -0.05) is 30.3 Å². The van der Waals surface area contributed by atoms with Gasteiger partial charge in [-0.3, -0.25) is 14.8 Å². The molecule has 3 aromatic rings. The molecule has 8 nitrogen and oxygen atoms in total. The van der Waals surface area contributed by atoms with Gasteiger partial charge in [0, 0.05) is 62.1 Å². The number of para-hydroxylation sites is 1. The minimum atomic E-state index is -1.83. The molecule has 198 valence electrons.